The second-order valence-electron chi connectivity index (χ2n) is 8.20. The number of hydrogen-bond donors (Lipinski definition) is 1. The van der Waals surface area contributed by atoms with Crippen molar-refractivity contribution in [3.63, 3.8) is 0 Å². The molecule has 2 aromatic rings. The lowest BCUT2D eigenvalue weighted by atomic mass is 9.99. The molecule has 0 saturated carbocycles. The first kappa shape index (κ1) is 21.6. The van der Waals surface area contributed by atoms with Crippen molar-refractivity contribution in [1.29, 1.82) is 0 Å². The highest BCUT2D eigenvalue weighted by Gasteiger charge is 2.26. The van der Waals surface area contributed by atoms with Gasteiger partial charge < -0.3 is 24.1 Å². The van der Waals surface area contributed by atoms with E-state index >= 15 is 0 Å². The Morgan fingerprint density at radius 3 is 2.48 bits per heavy atom. The molecule has 2 aliphatic rings. The Kier molecular flexibility index (Phi) is 7.02. The topological polar surface area (TPSA) is 62.5 Å². The maximum Gasteiger partial charge on any atom is 0.194 e. The predicted molar refractivity (Wildman–Crippen MR) is 122 cm³/mol. The van der Waals surface area contributed by atoms with Gasteiger partial charge in [0.1, 0.15) is 5.76 Å². The van der Waals surface area contributed by atoms with Gasteiger partial charge in [0, 0.05) is 26.7 Å². The fourth-order valence-corrected chi connectivity index (χ4v) is 4.70. The maximum absolute atomic E-state index is 5.79. The Morgan fingerprint density at radius 1 is 1.10 bits per heavy atom. The first-order valence-electron chi connectivity index (χ1n) is 11.2. The molecule has 0 bridgehead atoms. The van der Waals surface area contributed by atoms with E-state index in [1.54, 1.807) is 20.5 Å². The Hall–Kier alpha value is -2.67. The minimum absolute atomic E-state index is 0.216. The fourth-order valence-electron chi connectivity index (χ4n) is 4.70. The first-order chi connectivity index (χ1) is 15.2. The Morgan fingerprint density at radius 2 is 1.84 bits per heavy atom. The summed E-state index contributed by atoms with van der Waals surface area (Å²) >= 11 is 0. The van der Waals surface area contributed by atoms with E-state index in [1.165, 1.54) is 30.4 Å². The van der Waals surface area contributed by atoms with Gasteiger partial charge in [0.15, 0.2) is 17.5 Å². The normalized spacial score (nSPS) is 18.4. The third-order valence-electron chi connectivity index (χ3n) is 6.39. The summed E-state index contributed by atoms with van der Waals surface area (Å²) in [5.74, 6) is 3.51. The SMILES string of the molecule is CN=C(NCC(c1ccco1)N1CCCCC1)N1CCc2cc(OC)c(OC)cc2C1. The van der Waals surface area contributed by atoms with E-state index < -0.39 is 0 Å². The van der Waals surface area contributed by atoms with Crippen LogP contribution < -0.4 is 14.8 Å². The number of ether oxygens (including phenoxy) is 2. The number of fused-ring (bicyclic) bond motifs is 1. The predicted octanol–water partition coefficient (Wildman–Crippen LogP) is 3.46. The molecule has 4 rings (SSSR count). The van der Waals surface area contributed by atoms with E-state index in [1.807, 2.05) is 13.1 Å². The minimum Gasteiger partial charge on any atom is -0.493 e. The van der Waals surface area contributed by atoms with E-state index in [0.717, 1.165) is 62.4 Å². The molecule has 0 spiro atoms. The van der Waals surface area contributed by atoms with Crippen LogP contribution in [0.3, 0.4) is 0 Å². The van der Waals surface area contributed by atoms with Crippen LogP contribution in [0.4, 0.5) is 0 Å². The number of nitrogens with zero attached hydrogens (tertiary/aromatic N) is 3. The van der Waals surface area contributed by atoms with Gasteiger partial charge in [-0.15, -0.1) is 0 Å². The number of methoxy groups -OCH3 is 2. The highest BCUT2D eigenvalue weighted by molar-refractivity contribution is 5.80. The second-order valence-corrected chi connectivity index (χ2v) is 8.20. The number of furan rings is 1. The molecular formula is C24H34N4O3. The monoisotopic (exact) mass is 426 g/mol. The van der Waals surface area contributed by atoms with Gasteiger partial charge >= 0.3 is 0 Å². The first-order valence-corrected chi connectivity index (χ1v) is 11.2. The maximum atomic E-state index is 5.79. The van der Waals surface area contributed by atoms with Crippen molar-refractivity contribution in [2.75, 3.05) is 47.4 Å². The van der Waals surface area contributed by atoms with E-state index in [9.17, 15) is 0 Å². The zero-order valence-electron chi connectivity index (χ0n) is 18.9. The summed E-state index contributed by atoms with van der Waals surface area (Å²) in [6.45, 7) is 4.71. The van der Waals surface area contributed by atoms with Crippen molar-refractivity contribution in [2.45, 2.75) is 38.3 Å². The van der Waals surface area contributed by atoms with Crippen LogP contribution in [0.1, 0.15) is 42.2 Å². The molecule has 1 N–H and O–H groups in total. The molecule has 3 heterocycles. The molecule has 1 aromatic heterocycles. The molecule has 1 atom stereocenters. The van der Waals surface area contributed by atoms with Crippen LogP contribution in [-0.4, -0.2) is 63.2 Å². The quantitative estimate of drug-likeness (QED) is 0.564. The van der Waals surface area contributed by atoms with Crippen LogP contribution in [-0.2, 0) is 13.0 Å². The smallest absolute Gasteiger partial charge is 0.194 e. The summed E-state index contributed by atoms with van der Waals surface area (Å²) in [5.41, 5.74) is 2.57. The average molecular weight is 427 g/mol. The lowest BCUT2D eigenvalue weighted by Crippen LogP contribution is -2.47. The number of rotatable bonds is 6. The van der Waals surface area contributed by atoms with E-state index in [0.29, 0.717) is 0 Å². The molecule has 1 aromatic carbocycles. The van der Waals surface area contributed by atoms with Gasteiger partial charge in [0.25, 0.3) is 0 Å². The largest absolute Gasteiger partial charge is 0.493 e. The molecule has 7 nitrogen and oxygen atoms in total. The number of hydrogen-bond acceptors (Lipinski definition) is 5. The molecule has 31 heavy (non-hydrogen) atoms. The zero-order valence-corrected chi connectivity index (χ0v) is 18.9. The molecule has 1 unspecified atom stereocenters. The summed E-state index contributed by atoms with van der Waals surface area (Å²) in [7, 11) is 5.22. The van der Waals surface area contributed by atoms with E-state index in [-0.39, 0.29) is 6.04 Å². The van der Waals surface area contributed by atoms with Crippen molar-refractivity contribution >= 4 is 5.96 Å². The summed E-state index contributed by atoms with van der Waals surface area (Å²) in [6, 6.07) is 8.47. The second kappa shape index (κ2) is 10.1. The third kappa shape index (κ3) is 4.82. The minimum atomic E-state index is 0.216. The number of piperidine rings is 1. The highest BCUT2D eigenvalue weighted by Crippen LogP contribution is 2.33. The molecule has 0 aliphatic carbocycles. The Balaban J connectivity index is 1.45. The van der Waals surface area contributed by atoms with Crippen molar-refractivity contribution in [1.82, 2.24) is 15.1 Å². The van der Waals surface area contributed by atoms with E-state index in [4.69, 9.17) is 13.9 Å². The van der Waals surface area contributed by atoms with Gasteiger partial charge in [-0.2, -0.15) is 0 Å². The van der Waals surface area contributed by atoms with Gasteiger partial charge in [-0.1, -0.05) is 6.42 Å². The average Bonchev–Trinajstić information content (AvgIpc) is 3.36. The number of likely N-dealkylation sites (tertiary alicyclic amines) is 1. The Bertz CT molecular complexity index is 875. The highest BCUT2D eigenvalue weighted by atomic mass is 16.5. The van der Waals surface area contributed by atoms with Crippen LogP contribution in [0.25, 0.3) is 0 Å². The number of nitrogens with one attached hydrogen (secondary N) is 1. The molecule has 0 amide bonds. The lowest BCUT2D eigenvalue weighted by Gasteiger charge is -2.36. The number of benzene rings is 1. The number of guanidine groups is 1. The van der Waals surface area contributed by atoms with Crippen LogP contribution in [0, 0.1) is 0 Å². The lowest BCUT2D eigenvalue weighted by molar-refractivity contribution is 0.145. The Labute approximate surface area is 185 Å². The summed E-state index contributed by atoms with van der Waals surface area (Å²) in [5, 5.41) is 3.63. The summed E-state index contributed by atoms with van der Waals surface area (Å²) < 4.78 is 16.8. The van der Waals surface area contributed by atoms with Gasteiger partial charge in [0.05, 0.1) is 26.5 Å². The molecule has 1 saturated heterocycles. The van der Waals surface area contributed by atoms with Crippen LogP contribution in [0.15, 0.2) is 39.9 Å². The molecule has 7 heteroatoms. The summed E-state index contributed by atoms with van der Waals surface area (Å²) in [6.07, 6.45) is 6.53. The molecule has 1 fully saturated rings. The zero-order chi connectivity index (χ0) is 21.6. The summed E-state index contributed by atoms with van der Waals surface area (Å²) in [4.78, 5) is 9.43. The van der Waals surface area contributed by atoms with Crippen molar-refractivity contribution in [3.8, 4) is 11.5 Å². The molecular weight excluding hydrogens is 392 g/mol. The van der Waals surface area contributed by atoms with Crippen LogP contribution in [0.5, 0.6) is 11.5 Å². The molecule has 2 aliphatic heterocycles. The molecule has 0 radical (unpaired) electrons. The fraction of sp³-hybridized carbons (Fsp3) is 0.542. The van der Waals surface area contributed by atoms with Gasteiger partial charge in [0.2, 0.25) is 0 Å². The van der Waals surface area contributed by atoms with Crippen LogP contribution in [0.2, 0.25) is 0 Å². The van der Waals surface area contributed by atoms with Crippen molar-refractivity contribution < 1.29 is 13.9 Å². The van der Waals surface area contributed by atoms with Gasteiger partial charge in [-0.3, -0.25) is 9.89 Å². The van der Waals surface area contributed by atoms with Crippen molar-refractivity contribution in [3.05, 3.63) is 47.4 Å². The van der Waals surface area contributed by atoms with Crippen LogP contribution >= 0.6 is 0 Å². The van der Waals surface area contributed by atoms with Gasteiger partial charge in [-0.25, -0.2) is 0 Å². The standard InChI is InChI=1S/C24H34N4O3/c1-25-24(26-16-20(21-8-7-13-31-21)27-10-5-4-6-11-27)28-12-9-18-14-22(29-2)23(30-3)15-19(18)17-28/h7-8,13-15,20H,4-6,9-12,16-17H2,1-3H3,(H,25,26). The van der Waals surface area contributed by atoms with Crippen molar-refractivity contribution in [2.24, 2.45) is 4.99 Å². The number of aliphatic imine (C=N–C) groups is 1. The van der Waals surface area contributed by atoms with Gasteiger partial charge in [-0.05, 0) is 67.7 Å². The third-order valence-corrected chi connectivity index (χ3v) is 6.39. The van der Waals surface area contributed by atoms with E-state index in [2.05, 4.69) is 38.3 Å². The molecule has 168 valence electrons.